The molecule has 0 aromatic carbocycles. The average Bonchev–Trinajstić information content (AvgIpc) is 2.25. The molecule has 0 aliphatic rings. The zero-order chi connectivity index (χ0) is 15.6. The highest BCUT2D eigenvalue weighted by molar-refractivity contribution is 5.87. The number of aliphatic carboxylic acids is 2. The zero-order valence-electron chi connectivity index (χ0n) is 11.4. The fourth-order valence-electron chi connectivity index (χ4n) is 0.698. The summed E-state index contributed by atoms with van der Waals surface area (Å²) in [7, 11) is 0. The van der Waals surface area contributed by atoms with Gasteiger partial charge in [0.15, 0.2) is 0 Å². The van der Waals surface area contributed by atoms with Gasteiger partial charge < -0.3 is 14.9 Å². The molecule has 1 unspecified atom stereocenters. The number of carboxylic acids is 2. The standard InChI is InChI=1S/C9H14O4.C4H6O2/c1-6(2)9(12)13-5-7(3)4-8(10)11;1-3(2)4(5)6/h7H,1,4-5H2,2-3H3,(H,10,11);1H2,2H3,(H,5,6). The van der Waals surface area contributed by atoms with Crippen LogP contribution in [0.15, 0.2) is 24.3 Å². The maximum atomic E-state index is 10.9. The van der Waals surface area contributed by atoms with E-state index in [1.807, 2.05) is 0 Å². The largest absolute Gasteiger partial charge is 0.481 e. The summed E-state index contributed by atoms with van der Waals surface area (Å²) in [5.41, 5.74) is 0.498. The molecule has 0 bridgehead atoms. The van der Waals surface area contributed by atoms with Gasteiger partial charge in [-0.2, -0.15) is 0 Å². The first-order valence-corrected chi connectivity index (χ1v) is 5.51. The molecule has 2 N–H and O–H groups in total. The summed E-state index contributed by atoms with van der Waals surface area (Å²) in [4.78, 5) is 30.7. The molecular formula is C13H20O6. The highest BCUT2D eigenvalue weighted by atomic mass is 16.5. The van der Waals surface area contributed by atoms with Gasteiger partial charge in [0.25, 0.3) is 0 Å². The van der Waals surface area contributed by atoms with Crippen LogP contribution in [0.4, 0.5) is 0 Å². The molecule has 0 spiro atoms. The van der Waals surface area contributed by atoms with Crippen LogP contribution in [0.1, 0.15) is 27.2 Å². The molecule has 0 aliphatic carbocycles. The molecule has 0 aromatic rings. The van der Waals surface area contributed by atoms with Crippen LogP contribution >= 0.6 is 0 Å². The minimum absolute atomic E-state index is 0.00344. The van der Waals surface area contributed by atoms with Gasteiger partial charge in [0, 0.05) is 17.1 Å². The maximum absolute atomic E-state index is 10.9. The lowest BCUT2D eigenvalue weighted by atomic mass is 10.1. The second kappa shape index (κ2) is 9.87. The second-order valence-electron chi connectivity index (χ2n) is 4.17. The van der Waals surface area contributed by atoms with Gasteiger partial charge >= 0.3 is 17.9 Å². The van der Waals surface area contributed by atoms with Crippen molar-refractivity contribution in [1.82, 2.24) is 0 Å². The molecule has 0 saturated heterocycles. The first-order valence-electron chi connectivity index (χ1n) is 5.51. The topological polar surface area (TPSA) is 101 Å². The van der Waals surface area contributed by atoms with E-state index < -0.39 is 17.9 Å². The third-order valence-corrected chi connectivity index (χ3v) is 1.74. The van der Waals surface area contributed by atoms with Gasteiger partial charge in [0.05, 0.1) is 13.0 Å². The van der Waals surface area contributed by atoms with Crippen molar-refractivity contribution in [2.45, 2.75) is 27.2 Å². The molecule has 0 aliphatic heterocycles. The van der Waals surface area contributed by atoms with E-state index in [0.717, 1.165) is 0 Å². The summed E-state index contributed by atoms with van der Waals surface area (Å²) in [6, 6.07) is 0. The molecule has 6 heteroatoms. The van der Waals surface area contributed by atoms with Crippen LogP contribution in [0.3, 0.4) is 0 Å². The number of carbonyl (C=O) groups excluding carboxylic acids is 1. The Morgan fingerprint density at radius 3 is 1.79 bits per heavy atom. The Bertz CT molecular complexity index is 357. The molecule has 0 fully saturated rings. The van der Waals surface area contributed by atoms with E-state index in [1.54, 1.807) is 13.8 Å². The van der Waals surface area contributed by atoms with Crippen molar-refractivity contribution in [3.8, 4) is 0 Å². The third-order valence-electron chi connectivity index (χ3n) is 1.74. The minimum atomic E-state index is -0.935. The van der Waals surface area contributed by atoms with Gasteiger partial charge in [-0.15, -0.1) is 0 Å². The van der Waals surface area contributed by atoms with E-state index >= 15 is 0 Å². The number of hydrogen-bond acceptors (Lipinski definition) is 4. The summed E-state index contributed by atoms with van der Waals surface area (Å²) >= 11 is 0. The molecule has 1 atom stereocenters. The quantitative estimate of drug-likeness (QED) is 0.565. The van der Waals surface area contributed by atoms with Gasteiger partial charge in [-0.1, -0.05) is 20.1 Å². The van der Waals surface area contributed by atoms with E-state index in [0.29, 0.717) is 5.57 Å². The molecule has 0 heterocycles. The number of esters is 1. The van der Waals surface area contributed by atoms with E-state index in [4.69, 9.17) is 14.9 Å². The number of carboxylic acid groups (broad SMARTS) is 2. The zero-order valence-corrected chi connectivity index (χ0v) is 11.4. The van der Waals surface area contributed by atoms with Crippen molar-refractivity contribution in [2.75, 3.05) is 6.61 Å². The molecular weight excluding hydrogens is 252 g/mol. The number of carbonyl (C=O) groups is 3. The van der Waals surface area contributed by atoms with Crippen molar-refractivity contribution in [1.29, 1.82) is 0 Å². The number of hydrogen-bond donors (Lipinski definition) is 2. The lowest BCUT2D eigenvalue weighted by molar-refractivity contribution is -0.144. The molecule has 0 aromatic heterocycles. The highest BCUT2D eigenvalue weighted by Crippen LogP contribution is 2.03. The Hall–Kier alpha value is -2.11. The monoisotopic (exact) mass is 272 g/mol. The normalized spacial score (nSPS) is 10.5. The predicted molar refractivity (Wildman–Crippen MR) is 69.6 cm³/mol. The van der Waals surface area contributed by atoms with E-state index in [9.17, 15) is 14.4 Å². The summed E-state index contributed by atoms with van der Waals surface area (Å²) < 4.78 is 4.76. The summed E-state index contributed by atoms with van der Waals surface area (Å²) in [5.74, 6) is -2.47. The van der Waals surface area contributed by atoms with Crippen molar-refractivity contribution < 1.29 is 29.3 Å². The molecule has 0 rings (SSSR count). The summed E-state index contributed by atoms with van der Waals surface area (Å²) in [6.07, 6.45) is 0.00344. The van der Waals surface area contributed by atoms with Crippen molar-refractivity contribution in [3.05, 3.63) is 24.3 Å². The van der Waals surface area contributed by atoms with Gasteiger partial charge in [0.1, 0.15) is 0 Å². The lowest BCUT2D eigenvalue weighted by Gasteiger charge is -2.09. The van der Waals surface area contributed by atoms with Crippen molar-refractivity contribution in [2.24, 2.45) is 5.92 Å². The van der Waals surface area contributed by atoms with Crippen LogP contribution in [0.25, 0.3) is 0 Å². The molecule has 19 heavy (non-hydrogen) atoms. The molecule has 0 saturated carbocycles. The van der Waals surface area contributed by atoms with Crippen LogP contribution in [0.2, 0.25) is 0 Å². The summed E-state index contributed by atoms with van der Waals surface area (Å²) in [6.45, 7) is 11.4. The number of ether oxygens (including phenoxy) is 1. The Kier molecular flexibility index (Phi) is 10.00. The van der Waals surface area contributed by atoms with Gasteiger partial charge in [-0.05, 0) is 13.8 Å². The van der Waals surface area contributed by atoms with Crippen molar-refractivity contribution in [3.63, 3.8) is 0 Å². The smallest absolute Gasteiger partial charge is 0.333 e. The van der Waals surface area contributed by atoms with Gasteiger partial charge in [-0.3, -0.25) is 4.79 Å². The Labute approximate surface area is 112 Å². The fraction of sp³-hybridized carbons (Fsp3) is 0.462. The third kappa shape index (κ3) is 13.8. The van der Waals surface area contributed by atoms with Crippen LogP contribution < -0.4 is 0 Å². The second-order valence-corrected chi connectivity index (χ2v) is 4.17. The van der Waals surface area contributed by atoms with Gasteiger partial charge in [-0.25, -0.2) is 9.59 Å². The highest BCUT2D eigenvalue weighted by Gasteiger charge is 2.10. The Morgan fingerprint density at radius 2 is 1.53 bits per heavy atom. The van der Waals surface area contributed by atoms with Crippen LogP contribution in [0, 0.1) is 5.92 Å². The maximum Gasteiger partial charge on any atom is 0.333 e. The Morgan fingerprint density at radius 1 is 1.11 bits per heavy atom. The SMILES string of the molecule is C=C(C)C(=O)O.C=C(C)C(=O)OCC(C)CC(=O)O. The van der Waals surface area contributed by atoms with E-state index in [1.165, 1.54) is 6.92 Å². The first-order chi connectivity index (χ1) is 8.57. The van der Waals surface area contributed by atoms with Gasteiger partial charge in [0.2, 0.25) is 0 Å². The van der Waals surface area contributed by atoms with Crippen LogP contribution in [-0.4, -0.2) is 34.7 Å². The molecule has 6 nitrogen and oxygen atoms in total. The molecule has 108 valence electrons. The Balaban J connectivity index is 0. The van der Waals surface area contributed by atoms with Crippen LogP contribution in [-0.2, 0) is 19.1 Å². The van der Waals surface area contributed by atoms with E-state index in [-0.39, 0.29) is 24.5 Å². The summed E-state index contributed by atoms with van der Waals surface area (Å²) in [5, 5.41) is 16.3. The van der Waals surface area contributed by atoms with E-state index in [2.05, 4.69) is 13.2 Å². The number of rotatable bonds is 6. The van der Waals surface area contributed by atoms with Crippen molar-refractivity contribution >= 4 is 17.9 Å². The average molecular weight is 272 g/mol. The lowest BCUT2D eigenvalue weighted by Crippen LogP contribution is -2.15. The first kappa shape index (κ1) is 19.2. The molecule has 0 amide bonds. The molecule has 0 radical (unpaired) electrons. The predicted octanol–water partition coefficient (Wildman–Crippen LogP) is 1.86. The fourth-order valence-corrected chi connectivity index (χ4v) is 0.698. The van der Waals surface area contributed by atoms with Crippen LogP contribution in [0.5, 0.6) is 0 Å². The minimum Gasteiger partial charge on any atom is -0.481 e.